The monoisotopic (exact) mass is 430 g/mol. The highest BCUT2D eigenvalue weighted by Gasteiger charge is 2.28. The zero-order chi connectivity index (χ0) is 21.7. The number of nitrogens with zero attached hydrogens (tertiary/aromatic N) is 1. The van der Waals surface area contributed by atoms with Crippen LogP contribution in [0.4, 0.5) is 5.00 Å². The van der Waals surface area contributed by atoms with Crippen LogP contribution in [0.1, 0.15) is 50.6 Å². The fourth-order valence-corrected chi connectivity index (χ4v) is 4.61. The first kappa shape index (κ1) is 22.0. The molecule has 0 saturated heterocycles. The number of amides is 1. The van der Waals surface area contributed by atoms with E-state index in [2.05, 4.69) is 22.3 Å². The molecule has 0 aliphatic carbocycles. The molecule has 0 radical (unpaired) electrons. The Hall–Kier alpha value is -2.71. The second-order valence-electron chi connectivity index (χ2n) is 6.98. The Morgan fingerprint density at radius 2 is 1.73 bits per heavy atom. The molecule has 7 nitrogen and oxygen atoms in total. The Morgan fingerprint density at radius 1 is 1.07 bits per heavy atom. The molecule has 1 aliphatic heterocycles. The molecular formula is C22H26N2O5S. The number of fused-ring (bicyclic) bond motifs is 1. The number of thiophene rings is 1. The first-order chi connectivity index (χ1) is 14.4. The van der Waals surface area contributed by atoms with Crippen LogP contribution >= 0.6 is 11.3 Å². The molecule has 2 aromatic rings. The lowest BCUT2D eigenvalue weighted by atomic mass is 10.00. The third-order valence-corrected chi connectivity index (χ3v) is 6.10. The Morgan fingerprint density at radius 3 is 2.43 bits per heavy atom. The van der Waals surface area contributed by atoms with Gasteiger partial charge >= 0.3 is 11.9 Å². The summed E-state index contributed by atoms with van der Waals surface area (Å²) in [6, 6.07) is 8.22. The summed E-state index contributed by atoms with van der Waals surface area (Å²) >= 11 is 1.04. The minimum atomic E-state index is -0.566. The lowest BCUT2D eigenvalue weighted by Crippen LogP contribution is -2.37. The number of carbonyl (C=O) groups is 3. The van der Waals surface area contributed by atoms with Gasteiger partial charge in [-0.05, 0) is 43.9 Å². The van der Waals surface area contributed by atoms with E-state index in [0.717, 1.165) is 24.3 Å². The van der Waals surface area contributed by atoms with E-state index < -0.39 is 11.9 Å². The van der Waals surface area contributed by atoms with Gasteiger partial charge in [-0.15, -0.1) is 11.3 Å². The molecule has 1 aromatic heterocycles. The SMILES string of the molecule is CCOC(=O)c1sc(NC(=O)CN2CCc3ccccc3C2)c(C(=O)OCC)c1C. The molecule has 1 N–H and O–H groups in total. The van der Waals surface area contributed by atoms with Gasteiger partial charge in [0.05, 0.1) is 25.3 Å². The fourth-order valence-electron chi connectivity index (χ4n) is 3.50. The Bertz CT molecular complexity index is 953. The maximum atomic E-state index is 12.7. The second kappa shape index (κ2) is 9.86. The van der Waals surface area contributed by atoms with Gasteiger partial charge in [0.1, 0.15) is 9.88 Å². The van der Waals surface area contributed by atoms with Crippen molar-refractivity contribution in [3.8, 4) is 0 Å². The van der Waals surface area contributed by atoms with Gasteiger partial charge in [0, 0.05) is 13.1 Å². The van der Waals surface area contributed by atoms with E-state index >= 15 is 0 Å². The van der Waals surface area contributed by atoms with Crippen LogP contribution in [0.15, 0.2) is 24.3 Å². The number of hydrogen-bond acceptors (Lipinski definition) is 7. The molecule has 160 valence electrons. The molecule has 2 heterocycles. The van der Waals surface area contributed by atoms with Crippen molar-refractivity contribution in [2.75, 3.05) is 31.6 Å². The van der Waals surface area contributed by atoms with E-state index in [1.54, 1.807) is 20.8 Å². The summed E-state index contributed by atoms with van der Waals surface area (Å²) < 4.78 is 10.2. The summed E-state index contributed by atoms with van der Waals surface area (Å²) in [6.45, 7) is 7.18. The zero-order valence-electron chi connectivity index (χ0n) is 17.4. The lowest BCUT2D eigenvalue weighted by molar-refractivity contribution is -0.117. The predicted octanol–water partition coefficient (Wildman–Crippen LogP) is 3.41. The fraction of sp³-hybridized carbons (Fsp3) is 0.409. The van der Waals surface area contributed by atoms with Gasteiger partial charge < -0.3 is 14.8 Å². The van der Waals surface area contributed by atoms with Gasteiger partial charge in [-0.1, -0.05) is 24.3 Å². The normalized spacial score (nSPS) is 13.4. The van der Waals surface area contributed by atoms with Gasteiger partial charge in [-0.25, -0.2) is 9.59 Å². The van der Waals surface area contributed by atoms with Crippen LogP contribution in [0.5, 0.6) is 0 Å². The van der Waals surface area contributed by atoms with E-state index in [-0.39, 0.29) is 31.2 Å². The van der Waals surface area contributed by atoms with Crippen molar-refractivity contribution >= 4 is 34.2 Å². The molecule has 3 rings (SSSR count). The van der Waals surface area contributed by atoms with Crippen molar-refractivity contribution in [3.63, 3.8) is 0 Å². The van der Waals surface area contributed by atoms with Crippen molar-refractivity contribution in [2.24, 2.45) is 0 Å². The Kier molecular flexibility index (Phi) is 7.23. The molecule has 8 heteroatoms. The average molecular weight is 431 g/mol. The second-order valence-corrected chi connectivity index (χ2v) is 8.00. The van der Waals surface area contributed by atoms with Crippen molar-refractivity contribution in [1.29, 1.82) is 0 Å². The molecule has 1 amide bonds. The van der Waals surface area contributed by atoms with Crippen molar-refractivity contribution in [3.05, 3.63) is 51.4 Å². The summed E-state index contributed by atoms with van der Waals surface area (Å²) in [5.74, 6) is -1.32. The van der Waals surface area contributed by atoms with Gasteiger partial charge in [-0.3, -0.25) is 9.69 Å². The minimum Gasteiger partial charge on any atom is -0.462 e. The van der Waals surface area contributed by atoms with Crippen LogP contribution in [0, 0.1) is 6.92 Å². The Balaban J connectivity index is 1.76. The topological polar surface area (TPSA) is 84.9 Å². The standard InChI is InChI=1S/C22H26N2O5S/c1-4-28-21(26)18-14(3)19(22(27)29-5-2)30-20(18)23-17(25)13-24-11-10-15-8-6-7-9-16(15)12-24/h6-9H,4-5,10-13H2,1-3H3,(H,23,25). The van der Waals surface area contributed by atoms with Gasteiger partial charge in [0.25, 0.3) is 0 Å². The summed E-state index contributed by atoms with van der Waals surface area (Å²) in [6.07, 6.45) is 0.892. The highest BCUT2D eigenvalue weighted by Crippen LogP contribution is 2.34. The van der Waals surface area contributed by atoms with Crippen LogP contribution < -0.4 is 5.32 Å². The molecule has 0 spiro atoms. The van der Waals surface area contributed by atoms with Crippen LogP contribution in [-0.4, -0.2) is 49.0 Å². The number of hydrogen-bond donors (Lipinski definition) is 1. The predicted molar refractivity (Wildman–Crippen MR) is 115 cm³/mol. The smallest absolute Gasteiger partial charge is 0.348 e. The molecule has 30 heavy (non-hydrogen) atoms. The van der Waals surface area contributed by atoms with E-state index in [4.69, 9.17) is 9.47 Å². The van der Waals surface area contributed by atoms with E-state index in [1.165, 1.54) is 11.1 Å². The van der Waals surface area contributed by atoms with Crippen molar-refractivity contribution < 1.29 is 23.9 Å². The number of nitrogens with one attached hydrogen (secondary N) is 1. The Labute approximate surface area is 180 Å². The largest absolute Gasteiger partial charge is 0.462 e. The third kappa shape index (κ3) is 4.88. The minimum absolute atomic E-state index is 0.197. The quantitative estimate of drug-likeness (QED) is 0.678. The number of anilines is 1. The molecule has 0 fully saturated rings. The molecule has 0 unspecified atom stereocenters. The van der Waals surface area contributed by atoms with E-state index in [1.807, 2.05) is 12.1 Å². The van der Waals surface area contributed by atoms with Crippen molar-refractivity contribution in [1.82, 2.24) is 4.90 Å². The van der Waals surface area contributed by atoms with Gasteiger partial charge in [-0.2, -0.15) is 0 Å². The molecular weight excluding hydrogens is 404 g/mol. The first-order valence-electron chi connectivity index (χ1n) is 10.0. The highest BCUT2D eigenvalue weighted by molar-refractivity contribution is 7.18. The highest BCUT2D eigenvalue weighted by atomic mass is 32.1. The van der Waals surface area contributed by atoms with Gasteiger partial charge in [0.2, 0.25) is 5.91 Å². The molecule has 0 saturated carbocycles. The summed E-state index contributed by atoms with van der Waals surface area (Å²) in [5.41, 5.74) is 3.20. The molecule has 1 aromatic carbocycles. The van der Waals surface area contributed by atoms with Crippen LogP contribution in [0.3, 0.4) is 0 Å². The molecule has 0 atom stereocenters. The zero-order valence-corrected chi connectivity index (χ0v) is 18.3. The molecule has 0 bridgehead atoms. The number of ether oxygens (including phenoxy) is 2. The number of benzene rings is 1. The van der Waals surface area contributed by atoms with E-state index in [0.29, 0.717) is 22.0 Å². The van der Waals surface area contributed by atoms with Crippen LogP contribution in [0.25, 0.3) is 0 Å². The number of rotatable bonds is 7. The summed E-state index contributed by atoms with van der Waals surface area (Å²) in [5, 5.41) is 3.12. The van der Waals surface area contributed by atoms with Crippen molar-refractivity contribution in [2.45, 2.75) is 33.7 Å². The number of carbonyl (C=O) groups excluding carboxylic acids is 3. The number of esters is 2. The summed E-state index contributed by atoms with van der Waals surface area (Å²) in [4.78, 5) is 39.8. The molecule has 1 aliphatic rings. The average Bonchev–Trinajstić information content (AvgIpc) is 3.04. The van der Waals surface area contributed by atoms with Crippen LogP contribution in [-0.2, 0) is 27.2 Å². The summed E-state index contributed by atoms with van der Waals surface area (Å²) in [7, 11) is 0. The van der Waals surface area contributed by atoms with Gasteiger partial charge in [0.15, 0.2) is 0 Å². The third-order valence-electron chi connectivity index (χ3n) is 4.92. The first-order valence-corrected chi connectivity index (χ1v) is 10.8. The lowest BCUT2D eigenvalue weighted by Gasteiger charge is -2.28. The van der Waals surface area contributed by atoms with E-state index in [9.17, 15) is 14.4 Å². The maximum absolute atomic E-state index is 12.7. The maximum Gasteiger partial charge on any atom is 0.348 e. The van der Waals surface area contributed by atoms with Crippen LogP contribution in [0.2, 0.25) is 0 Å².